The largest absolute Gasteiger partial charge is 0.461 e. The van der Waals surface area contributed by atoms with Gasteiger partial charge < -0.3 is 4.74 Å². The van der Waals surface area contributed by atoms with E-state index in [1.807, 2.05) is 18.3 Å². The van der Waals surface area contributed by atoms with Crippen molar-refractivity contribution in [2.75, 3.05) is 6.61 Å². The lowest BCUT2D eigenvalue weighted by molar-refractivity contribution is 0.0518. The highest BCUT2D eigenvalue weighted by Gasteiger charge is 2.31. The summed E-state index contributed by atoms with van der Waals surface area (Å²) in [6, 6.07) is 10.2. The zero-order chi connectivity index (χ0) is 20.0. The van der Waals surface area contributed by atoms with E-state index >= 15 is 0 Å². The average molecular weight is 390 g/mol. The third kappa shape index (κ3) is 3.08. The van der Waals surface area contributed by atoms with E-state index in [1.165, 1.54) is 18.3 Å². The van der Waals surface area contributed by atoms with Crippen molar-refractivity contribution in [3.05, 3.63) is 66.0 Å². The Morgan fingerprint density at radius 2 is 1.97 bits per heavy atom. The molecule has 4 aromatic rings. The number of esters is 1. The third-order valence-electron chi connectivity index (χ3n) is 5.18. The minimum absolute atomic E-state index is 0.285. The monoisotopic (exact) mass is 390 g/mol. The van der Waals surface area contributed by atoms with Crippen LogP contribution in [-0.2, 0) is 4.74 Å². The maximum Gasteiger partial charge on any atom is 0.356 e. The van der Waals surface area contributed by atoms with Gasteiger partial charge in [-0.1, -0.05) is 0 Å². The Morgan fingerprint density at radius 3 is 2.69 bits per heavy atom. The van der Waals surface area contributed by atoms with Gasteiger partial charge in [0.05, 0.1) is 12.8 Å². The summed E-state index contributed by atoms with van der Waals surface area (Å²) in [5, 5.41) is 7.73. The van der Waals surface area contributed by atoms with Crippen LogP contribution in [0.5, 0.6) is 0 Å². The van der Waals surface area contributed by atoms with Gasteiger partial charge >= 0.3 is 5.97 Å². The molecule has 6 nitrogen and oxygen atoms in total. The quantitative estimate of drug-likeness (QED) is 0.506. The zero-order valence-corrected chi connectivity index (χ0v) is 15.9. The highest BCUT2D eigenvalue weighted by Crippen LogP contribution is 2.46. The summed E-state index contributed by atoms with van der Waals surface area (Å²) in [7, 11) is 0. The Bertz CT molecular complexity index is 1210. The molecule has 0 unspecified atom stereocenters. The van der Waals surface area contributed by atoms with Crippen LogP contribution in [0.4, 0.5) is 4.39 Å². The van der Waals surface area contributed by atoms with E-state index in [1.54, 1.807) is 23.5 Å². The zero-order valence-electron chi connectivity index (χ0n) is 15.9. The van der Waals surface area contributed by atoms with Crippen LogP contribution in [0.1, 0.15) is 41.9 Å². The summed E-state index contributed by atoms with van der Waals surface area (Å²) in [5.74, 6) is -0.257. The molecular formula is C22H19FN4O2. The normalized spacial score (nSPS) is 13.7. The first-order valence-electron chi connectivity index (χ1n) is 9.64. The number of nitrogens with zero attached hydrogens (tertiary/aromatic N) is 3. The number of rotatable bonds is 5. The van der Waals surface area contributed by atoms with Crippen LogP contribution in [0.25, 0.3) is 28.0 Å². The number of carbonyl (C=O) groups is 1. The van der Waals surface area contributed by atoms with Crippen LogP contribution in [-0.4, -0.2) is 32.2 Å². The second-order valence-corrected chi connectivity index (χ2v) is 7.15. The predicted molar refractivity (Wildman–Crippen MR) is 106 cm³/mol. The van der Waals surface area contributed by atoms with Crippen LogP contribution >= 0.6 is 0 Å². The lowest BCUT2D eigenvalue weighted by Crippen LogP contribution is -2.07. The summed E-state index contributed by atoms with van der Waals surface area (Å²) in [6.07, 6.45) is 5.63. The smallest absolute Gasteiger partial charge is 0.356 e. The number of imidazole rings is 1. The van der Waals surface area contributed by atoms with Crippen molar-refractivity contribution < 1.29 is 13.9 Å². The minimum Gasteiger partial charge on any atom is -0.461 e. The van der Waals surface area contributed by atoms with Crippen molar-refractivity contribution in [1.29, 1.82) is 0 Å². The van der Waals surface area contributed by atoms with Crippen LogP contribution in [0, 0.1) is 5.82 Å². The number of carbonyl (C=O) groups excluding carboxylic acids is 1. The molecular weight excluding hydrogens is 371 g/mol. The SMILES string of the molecule is CCOC(=O)c1cnc2ccc(-c3c(-c4ccc(F)cc4)n[nH]c3C3CC3)cn12. The van der Waals surface area contributed by atoms with Gasteiger partial charge in [-0.3, -0.25) is 9.50 Å². The summed E-state index contributed by atoms with van der Waals surface area (Å²) >= 11 is 0. The second kappa shape index (κ2) is 6.84. The van der Waals surface area contributed by atoms with Gasteiger partial charge in [0.2, 0.25) is 0 Å². The van der Waals surface area contributed by atoms with Gasteiger partial charge in [-0.2, -0.15) is 5.10 Å². The number of ether oxygens (including phenoxy) is 1. The number of aromatic nitrogens is 4. The Labute approximate surface area is 166 Å². The number of nitrogens with one attached hydrogen (secondary N) is 1. The molecule has 0 amide bonds. The number of fused-ring (bicyclic) bond motifs is 1. The third-order valence-corrected chi connectivity index (χ3v) is 5.18. The number of aromatic amines is 1. The van der Waals surface area contributed by atoms with Crippen molar-refractivity contribution in [2.45, 2.75) is 25.7 Å². The van der Waals surface area contributed by atoms with Crippen LogP contribution < -0.4 is 0 Å². The summed E-state index contributed by atoms with van der Waals surface area (Å²) in [4.78, 5) is 16.6. The maximum atomic E-state index is 13.4. The predicted octanol–water partition coefficient (Wildman–Crippen LogP) is 4.58. The lowest BCUT2D eigenvalue weighted by atomic mass is 9.98. The van der Waals surface area contributed by atoms with Gasteiger partial charge in [0.15, 0.2) is 5.69 Å². The van der Waals surface area contributed by atoms with Crippen molar-refractivity contribution in [1.82, 2.24) is 19.6 Å². The molecule has 0 saturated heterocycles. The van der Waals surface area contributed by atoms with Crippen LogP contribution in [0.15, 0.2) is 48.8 Å². The molecule has 1 saturated carbocycles. The molecule has 0 spiro atoms. The number of hydrogen-bond acceptors (Lipinski definition) is 4. The minimum atomic E-state index is -0.412. The topological polar surface area (TPSA) is 72.3 Å². The molecule has 0 atom stereocenters. The van der Waals surface area contributed by atoms with E-state index in [2.05, 4.69) is 15.2 Å². The van der Waals surface area contributed by atoms with E-state index in [-0.39, 0.29) is 5.82 Å². The average Bonchev–Trinajstić information content (AvgIpc) is 3.33. The van der Waals surface area contributed by atoms with Gasteiger partial charge in [-0.25, -0.2) is 14.2 Å². The molecule has 1 aromatic carbocycles. The molecule has 5 rings (SSSR count). The van der Waals surface area contributed by atoms with E-state index in [9.17, 15) is 9.18 Å². The number of benzene rings is 1. The Balaban J connectivity index is 1.67. The fourth-order valence-electron chi connectivity index (χ4n) is 3.62. The Morgan fingerprint density at radius 1 is 1.21 bits per heavy atom. The highest BCUT2D eigenvalue weighted by molar-refractivity contribution is 5.89. The molecule has 3 heterocycles. The molecule has 0 aliphatic heterocycles. The molecule has 3 aromatic heterocycles. The lowest BCUT2D eigenvalue weighted by Gasteiger charge is -2.08. The van der Waals surface area contributed by atoms with E-state index < -0.39 is 5.97 Å². The van der Waals surface area contributed by atoms with Gasteiger partial charge in [-0.15, -0.1) is 0 Å². The van der Waals surface area contributed by atoms with Gasteiger partial charge in [0.25, 0.3) is 0 Å². The molecule has 1 fully saturated rings. The number of pyridine rings is 1. The molecule has 7 heteroatoms. The van der Waals surface area contributed by atoms with Gasteiger partial charge in [0, 0.05) is 34.5 Å². The fraction of sp³-hybridized carbons (Fsp3) is 0.227. The first-order valence-corrected chi connectivity index (χ1v) is 9.64. The summed E-state index contributed by atoms with van der Waals surface area (Å²) in [5.41, 5.74) is 5.60. The summed E-state index contributed by atoms with van der Waals surface area (Å²) in [6.45, 7) is 2.07. The first kappa shape index (κ1) is 17.6. The standard InChI is InChI=1S/C22H19FN4O2/c1-2-29-22(28)17-11-24-18-10-7-15(12-27(17)18)19-20(13-3-4-13)25-26-21(19)14-5-8-16(23)9-6-14/h5-13H,2-4H2,1H3,(H,25,26). The van der Waals surface area contributed by atoms with Crippen molar-refractivity contribution >= 4 is 11.6 Å². The molecule has 29 heavy (non-hydrogen) atoms. The molecule has 1 N–H and O–H groups in total. The van der Waals surface area contributed by atoms with E-state index in [0.29, 0.717) is 23.9 Å². The van der Waals surface area contributed by atoms with Crippen LogP contribution in [0.3, 0.4) is 0 Å². The van der Waals surface area contributed by atoms with Gasteiger partial charge in [0.1, 0.15) is 17.2 Å². The van der Waals surface area contributed by atoms with Crippen LogP contribution in [0.2, 0.25) is 0 Å². The highest BCUT2D eigenvalue weighted by atomic mass is 19.1. The van der Waals surface area contributed by atoms with E-state index in [0.717, 1.165) is 40.9 Å². The maximum absolute atomic E-state index is 13.4. The number of halogens is 1. The molecule has 0 radical (unpaired) electrons. The Hall–Kier alpha value is -3.48. The molecule has 1 aliphatic rings. The summed E-state index contributed by atoms with van der Waals surface area (Å²) < 4.78 is 20.3. The molecule has 0 bridgehead atoms. The second-order valence-electron chi connectivity index (χ2n) is 7.15. The molecule has 146 valence electrons. The van der Waals surface area contributed by atoms with Crippen molar-refractivity contribution in [3.8, 4) is 22.4 Å². The number of hydrogen-bond donors (Lipinski definition) is 1. The van der Waals surface area contributed by atoms with Crippen molar-refractivity contribution in [3.63, 3.8) is 0 Å². The van der Waals surface area contributed by atoms with Crippen molar-refractivity contribution in [2.24, 2.45) is 0 Å². The Kier molecular flexibility index (Phi) is 4.16. The fourth-order valence-corrected chi connectivity index (χ4v) is 3.62. The molecule has 1 aliphatic carbocycles. The van der Waals surface area contributed by atoms with E-state index in [4.69, 9.17) is 4.74 Å². The number of H-pyrrole nitrogens is 1. The first-order chi connectivity index (χ1) is 14.2. The van der Waals surface area contributed by atoms with Gasteiger partial charge in [-0.05, 0) is 56.2 Å².